The molecule has 1 N–H and O–H groups in total. The molecular weight excluding hydrogens is 333 g/mol. The average molecular weight is 353 g/mol. The number of aryl methyl sites for hydroxylation is 1. The lowest BCUT2D eigenvalue weighted by Crippen LogP contribution is -2.29. The largest absolute Gasteiger partial charge is 0.497 e. The topological polar surface area (TPSA) is 64.6 Å². The molecule has 0 fully saturated rings. The number of methoxy groups -OCH3 is 2. The maximum atomic E-state index is 13.3. The Morgan fingerprint density at radius 3 is 2.54 bits per heavy atom. The van der Waals surface area contributed by atoms with Gasteiger partial charge in [-0.3, -0.25) is 0 Å². The van der Waals surface area contributed by atoms with E-state index in [-0.39, 0.29) is 17.0 Å². The summed E-state index contributed by atoms with van der Waals surface area (Å²) in [5.41, 5.74) is 1.06. The second-order valence-corrected chi connectivity index (χ2v) is 7.03. The number of hydrogen-bond donors (Lipinski definition) is 1. The average Bonchev–Trinajstić information content (AvgIpc) is 2.58. The van der Waals surface area contributed by atoms with Gasteiger partial charge in [0.05, 0.1) is 18.1 Å². The van der Waals surface area contributed by atoms with Gasteiger partial charge in [0.15, 0.2) is 0 Å². The third-order valence-corrected chi connectivity index (χ3v) is 5.07. The first-order chi connectivity index (χ1) is 11.4. The highest BCUT2D eigenvalue weighted by Gasteiger charge is 2.19. The van der Waals surface area contributed by atoms with E-state index in [2.05, 4.69) is 4.72 Å². The molecule has 0 heterocycles. The summed E-state index contributed by atoms with van der Waals surface area (Å²) in [4.78, 5) is 0.0156. The van der Waals surface area contributed by atoms with Crippen molar-refractivity contribution in [1.82, 2.24) is 4.72 Å². The minimum absolute atomic E-state index is 0.0156. The van der Waals surface area contributed by atoms with Crippen molar-refractivity contribution in [2.75, 3.05) is 20.8 Å². The number of halogens is 1. The number of rotatable bonds is 7. The van der Waals surface area contributed by atoms with Crippen molar-refractivity contribution in [2.45, 2.75) is 17.9 Å². The Kier molecular flexibility index (Phi) is 5.93. The highest BCUT2D eigenvalue weighted by Crippen LogP contribution is 2.22. The summed E-state index contributed by atoms with van der Waals surface area (Å²) < 4.78 is 51.0. The van der Waals surface area contributed by atoms with Crippen LogP contribution in [-0.4, -0.2) is 29.2 Å². The van der Waals surface area contributed by atoms with Crippen molar-refractivity contribution in [2.24, 2.45) is 0 Å². The molecule has 2 aromatic rings. The fourth-order valence-electron chi connectivity index (χ4n) is 2.23. The van der Waals surface area contributed by atoms with Gasteiger partial charge in [-0.05, 0) is 48.4 Å². The van der Waals surface area contributed by atoms with E-state index < -0.39 is 21.9 Å². The summed E-state index contributed by atoms with van der Waals surface area (Å²) in [7, 11) is -0.700. The van der Waals surface area contributed by atoms with E-state index in [4.69, 9.17) is 9.47 Å². The van der Waals surface area contributed by atoms with E-state index in [9.17, 15) is 12.8 Å². The molecule has 7 heteroatoms. The van der Waals surface area contributed by atoms with Gasteiger partial charge in [-0.25, -0.2) is 17.5 Å². The van der Waals surface area contributed by atoms with Gasteiger partial charge in [-0.2, -0.15) is 0 Å². The van der Waals surface area contributed by atoms with E-state index in [1.807, 2.05) is 6.07 Å². The molecule has 24 heavy (non-hydrogen) atoms. The first-order valence-corrected chi connectivity index (χ1v) is 8.78. The Balaban J connectivity index is 2.15. The number of benzene rings is 2. The summed E-state index contributed by atoms with van der Waals surface area (Å²) in [6.45, 7) is 1.56. The summed E-state index contributed by atoms with van der Waals surface area (Å²) in [5, 5.41) is 0. The molecule has 0 radical (unpaired) electrons. The smallest absolute Gasteiger partial charge is 0.240 e. The summed E-state index contributed by atoms with van der Waals surface area (Å²) >= 11 is 0. The van der Waals surface area contributed by atoms with Gasteiger partial charge in [0.1, 0.15) is 11.6 Å². The Labute approximate surface area is 141 Å². The molecule has 0 aliphatic heterocycles. The normalized spacial score (nSPS) is 12.8. The maximum absolute atomic E-state index is 13.3. The zero-order valence-corrected chi connectivity index (χ0v) is 14.6. The van der Waals surface area contributed by atoms with Crippen molar-refractivity contribution in [3.63, 3.8) is 0 Å². The molecule has 1 unspecified atom stereocenters. The van der Waals surface area contributed by atoms with Crippen molar-refractivity contribution in [3.05, 3.63) is 59.4 Å². The molecule has 0 aliphatic rings. The Bertz CT molecular complexity index is 808. The second kappa shape index (κ2) is 7.74. The first-order valence-electron chi connectivity index (χ1n) is 7.30. The van der Waals surface area contributed by atoms with Crippen LogP contribution in [0.25, 0.3) is 0 Å². The zero-order valence-electron chi connectivity index (χ0n) is 13.7. The van der Waals surface area contributed by atoms with Crippen molar-refractivity contribution < 1.29 is 22.3 Å². The van der Waals surface area contributed by atoms with E-state index in [0.29, 0.717) is 5.75 Å². The predicted octanol–water partition coefficient (Wildman–Crippen LogP) is 2.81. The Morgan fingerprint density at radius 2 is 1.92 bits per heavy atom. The van der Waals surface area contributed by atoms with Crippen molar-refractivity contribution in [1.29, 1.82) is 0 Å². The summed E-state index contributed by atoms with van der Waals surface area (Å²) in [6.07, 6.45) is -0.476. The predicted molar refractivity (Wildman–Crippen MR) is 89.1 cm³/mol. The fourth-order valence-corrected chi connectivity index (χ4v) is 3.35. The third-order valence-electron chi connectivity index (χ3n) is 3.65. The van der Waals surface area contributed by atoms with E-state index in [1.54, 1.807) is 25.3 Å². The summed E-state index contributed by atoms with van der Waals surface area (Å²) in [5.74, 6) is 0.215. The summed E-state index contributed by atoms with van der Waals surface area (Å²) in [6, 6.07) is 10.9. The number of hydrogen-bond acceptors (Lipinski definition) is 4. The fraction of sp³-hybridized carbons (Fsp3) is 0.294. The van der Waals surface area contributed by atoms with Crippen LogP contribution in [0.15, 0.2) is 47.4 Å². The lowest BCUT2D eigenvalue weighted by molar-refractivity contribution is 0.107. The van der Waals surface area contributed by atoms with Crippen LogP contribution >= 0.6 is 0 Å². The monoisotopic (exact) mass is 353 g/mol. The minimum Gasteiger partial charge on any atom is -0.497 e. The van der Waals surface area contributed by atoms with E-state index in [1.165, 1.54) is 26.2 Å². The molecule has 5 nitrogen and oxygen atoms in total. The van der Waals surface area contributed by atoms with Gasteiger partial charge in [0.25, 0.3) is 0 Å². The Morgan fingerprint density at radius 1 is 1.17 bits per heavy atom. The van der Waals surface area contributed by atoms with E-state index >= 15 is 0 Å². The maximum Gasteiger partial charge on any atom is 0.240 e. The van der Waals surface area contributed by atoms with Crippen molar-refractivity contribution in [3.8, 4) is 5.75 Å². The lowest BCUT2D eigenvalue weighted by atomic mass is 10.1. The van der Waals surface area contributed by atoms with Gasteiger partial charge in [-0.15, -0.1) is 0 Å². The van der Waals surface area contributed by atoms with Crippen LogP contribution < -0.4 is 9.46 Å². The number of nitrogens with one attached hydrogen (secondary N) is 1. The zero-order chi connectivity index (χ0) is 17.7. The molecule has 2 aromatic carbocycles. The van der Waals surface area contributed by atoms with Gasteiger partial charge in [0.2, 0.25) is 10.0 Å². The molecule has 2 rings (SSSR count). The Hall–Kier alpha value is -1.96. The van der Waals surface area contributed by atoms with Crippen LogP contribution in [0.3, 0.4) is 0 Å². The molecule has 130 valence electrons. The quantitative estimate of drug-likeness (QED) is 0.831. The van der Waals surface area contributed by atoms with Crippen LogP contribution in [0.2, 0.25) is 0 Å². The SMILES string of the molecule is COc1cccc(C(CNS(=O)(=O)c2ccc(F)c(C)c2)OC)c1. The molecule has 0 bridgehead atoms. The molecule has 1 atom stereocenters. The standard InChI is InChI=1S/C17H20FNO4S/c1-12-9-15(7-8-16(12)18)24(20,21)19-11-17(23-3)13-5-4-6-14(10-13)22-2/h4-10,17,19H,11H2,1-3H3. The highest BCUT2D eigenvalue weighted by atomic mass is 32.2. The number of sulfonamides is 1. The molecule has 0 saturated carbocycles. The van der Waals surface area contributed by atoms with Crippen LogP contribution in [0.1, 0.15) is 17.2 Å². The van der Waals surface area contributed by atoms with Gasteiger partial charge >= 0.3 is 0 Å². The second-order valence-electron chi connectivity index (χ2n) is 5.26. The van der Waals surface area contributed by atoms with Gasteiger partial charge in [-0.1, -0.05) is 12.1 Å². The van der Waals surface area contributed by atoms with Crippen molar-refractivity contribution >= 4 is 10.0 Å². The number of ether oxygens (including phenoxy) is 2. The van der Waals surface area contributed by atoms with Crippen LogP contribution in [0.4, 0.5) is 4.39 Å². The van der Waals surface area contributed by atoms with Crippen LogP contribution in [0, 0.1) is 12.7 Å². The van der Waals surface area contributed by atoms with Crippen LogP contribution in [0.5, 0.6) is 5.75 Å². The molecule has 0 aliphatic carbocycles. The first kappa shape index (κ1) is 18.4. The molecular formula is C17H20FNO4S. The highest BCUT2D eigenvalue weighted by molar-refractivity contribution is 7.89. The van der Waals surface area contributed by atoms with Gasteiger partial charge in [0, 0.05) is 13.7 Å². The van der Waals surface area contributed by atoms with Crippen LogP contribution in [-0.2, 0) is 14.8 Å². The van der Waals surface area contributed by atoms with E-state index in [0.717, 1.165) is 11.6 Å². The lowest BCUT2D eigenvalue weighted by Gasteiger charge is -2.17. The third kappa shape index (κ3) is 4.31. The molecule has 0 saturated heterocycles. The molecule has 0 aromatic heterocycles. The van der Waals surface area contributed by atoms with Gasteiger partial charge < -0.3 is 9.47 Å². The molecule has 0 spiro atoms. The minimum atomic E-state index is -3.76. The molecule has 0 amide bonds.